The molecule has 7 heteroatoms. The van der Waals surface area contributed by atoms with Gasteiger partial charge in [0.1, 0.15) is 6.61 Å². The summed E-state index contributed by atoms with van der Waals surface area (Å²) in [4.78, 5) is 35.5. The maximum atomic E-state index is 13.6. The van der Waals surface area contributed by atoms with Crippen LogP contribution < -0.4 is 0 Å². The standard InChI is InChI=1S/C29H31N3O3S/c1-19-11-12-20(2)24(15-19)27-26(28(34)35-17-22-9-5-4-6-10-22)21(3)30-29-32(27)23(18-36-29)16-25(33)31-13-7-8-14-31/h4-6,9-12,15,18,27H,7-8,13-14,16-17H2,1-3H3. The van der Waals surface area contributed by atoms with E-state index in [-0.39, 0.29) is 18.5 Å². The number of carbonyl (C=O) groups excluding carboxylic acids is 2. The Balaban J connectivity index is 1.50. The van der Waals surface area contributed by atoms with Gasteiger partial charge in [0.05, 0.1) is 23.7 Å². The highest BCUT2D eigenvalue weighted by atomic mass is 32.2. The molecule has 1 atom stereocenters. The zero-order valence-electron chi connectivity index (χ0n) is 21.0. The van der Waals surface area contributed by atoms with Gasteiger partial charge in [0.2, 0.25) is 5.91 Å². The Morgan fingerprint density at radius 1 is 1.06 bits per heavy atom. The molecule has 5 rings (SSSR count). The first-order valence-electron chi connectivity index (χ1n) is 12.4. The predicted molar refractivity (Wildman–Crippen MR) is 143 cm³/mol. The van der Waals surface area contributed by atoms with Crippen LogP contribution in [0.2, 0.25) is 0 Å². The smallest absolute Gasteiger partial charge is 0.338 e. The number of rotatable bonds is 6. The van der Waals surface area contributed by atoms with Gasteiger partial charge >= 0.3 is 5.97 Å². The molecule has 0 radical (unpaired) electrons. The lowest BCUT2D eigenvalue weighted by Crippen LogP contribution is -2.38. The Labute approximate surface area is 216 Å². The van der Waals surface area contributed by atoms with E-state index in [0.717, 1.165) is 59.0 Å². The number of benzene rings is 2. The molecule has 1 unspecified atom stereocenters. The van der Waals surface area contributed by atoms with Gasteiger partial charge in [-0.05, 0) is 55.7 Å². The predicted octanol–water partition coefficient (Wildman–Crippen LogP) is 5.63. The monoisotopic (exact) mass is 501 g/mol. The number of carbonyl (C=O) groups is 2. The number of allylic oxidation sites excluding steroid dienone is 1. The molecule has 0 spiro atoms. The normalized spacial score (nSPS) is 19.2. The van der Waals surface area contributed by atoms with Gasteiger partial charge in [0.15, 0.2) is 5.17 Å². The first kappa shape index (κ1) is 24.4. The van der Waals surface area contributed by atoms with Crippen LogP contribution in [0.15, 0.2) is 75.9 Å². The molecule has 3 aliphatic rings. The minimum Gasteiger partial charge on any atom is -0.457 e. The van der Waals surface area contributed by atoms with E-state index >= 15 is 0 Å². The summed E-state index contributed by atoms with van der Waals surface area (Å²) in [5.41, 5.74) is 6.19. The van der Waals surface area contributed by atoms with Crippen LogP contribution in [0.4, 0.5) is 0 Å². The number of likely N-dealkylation sites (tertiary alicyclic amines) is 1. The minimum absolute atomic E-state index is 0.125. The van der Waals surface area contributed by atoms with E-state index < -0.39 is 6.04 Å². The van der Waals surface area contributed by atoms with Gasteiger partial charge in [-0.2, -0.15) is 0 Å². The van der Waals surface area contributed by atoms with Crippen LogP contribution in [0.5, 0.6) is 0 Å². The molecular weight excluding hydrogens is 470 g/mol. The van der Waals surface area contributed by atoms with Gasteiger partial charge < -0.3 is 14.5 Å². The summed E-state index contributed by atoms with van der Waals surface area (Å²) in [6.45, 7) is 7.81. The Morgan fingerprint density at radius 2 is 1.81 bits per heavy atom. The lowest BCUT2D eigenvalue weighted by Gasteiger charge is -2.37. The molecule has 3 heterocycles. The lowest BCUT2D eigenvalue weighted by molar-refractivity contribution is -0.141. The molecular formula is C29H31N3O3S. The summed E-state index contributed by atoms with van der Waals surface area (Å²) in [6, 6.07) is 15.6. The van der Waals surface area contributed by atoms with E-state index in [1.54, 1.807) is 0 Å². The van der Waals surface area contributed by atoms with Crippen LogP contribution in [-0.2, 0) is 20.9 Å². The fraction of sp³-hybridized carbons (Fsp3) is 0.345. The molecule has 0 aromatic heterocycles. The molecule has 0 N–H and O–H groups in total. The van der Waals surface area contributed by atoms with Crippen molar-refractivity contribution in [3.05, 3.63) is 93.2 Å². The van der Waals surface area contributed by atoms with Crippen molar-refractivity contribution < 1.29 is 14.3 Å². The van der Waals surface area contributed by atoms with Crippen LogP contribution in [-0.4, -0.2) is 39.9 Å². The largest absolute Gasteiger partial charge is 0.457 e. The molecule has 186 valence electrons. The number of nitrogens with zero attached hydrogens (tertiary/aromatic N) is 3. The molecule has 2 aromatic rings. The lowest BCUT2D eigenvalue weighted by atomic mass is 9.90. The summed E-state index contributed by atoms with van der Waals surface area (Å²) in [5.74, 6) is -0.257. The number of fused-ring (bicyclic) bond motifs is 1. The van der Waals surface area contributed by atoms with Crippen LogP contribution >= 0.6 is 11.8 Å². The second-order valence-corrected chi connectivity index (χ2v) is 10.4. The number of hydrogen-bond acceptors (Lipinski definition) is 6. The third-order valence-electron chi connectivity index (χ3n) is 6.95. The highest BCUT2D eigenvalue weighted by molar-refractivity contribution is 8.16. The molecule has 36 heavy (non-hydrogen) atoms. The third kappa shape index (κ3) is 4.85. The topological polar surface area (TPSA) is 62.2 Å². The molecule has 6 nitrogen and oxygen atoms in total. The van der Waals surface area contributed by atoms with E-state index in [4.69, 9.17) is 9.73 Å². The molecule has 0 aliphatic carbocycles. The zero-order chi connectivity index (χ0) is 25.2. The molecule has 2 aromatic carbocycles. The molecule has 0 saturated carbocycles. The summed E-state index contributed by atoms with van der Waals surface area (Å²) in [5, 5.41) is 2.80. The van der Waals surface area contributed by atoms with Crippen molar-refractivity contribution >= 4 is 28.8 Å². The van der Waals surface area contributed by atoms with Gasteiger partial charge in [-0.25, -0.2) is 9.79 Å². The van der Waals surface area contributed by atoms with E-state index in [1.165, 1.54) is 11.8 Å². The van der Waals surface area contributed by atoms with Crippen molar-refractivity contribution in [1.29, 1.82) is 0 Å². The van der Waals surface area contributed by atoms with Crippen molar-refractivity contribution in [2.24, 2.45) is 4.99 Å². The summed E-state index contributed by atoms with van der Waals surface area (Å²) in [7, 11) is 0. The highest BCUT2D eigenvalue weighted by Gasteiger charge is 2.42. The molecule has 0 bridgehead atoms. The van der Waals surface area contributed by atoms with Gasteiger partial charge in [0, 0.05) is 18.8 Å². The van der Waals surface area contributed by atoms with E-state index in [0.29, 0.717) is 17.7 Å². The average Bonchev–Trinajstić information content (AvgIpc) is 3.55. The molecule has 3 aliphatic heterocycles. The number of aryl methyl sites for hydroxylation is 2. The van der Waals surface area contributed by atoms with Gasteiger partial charge in [-0.1, -0.05) is 65.9 Å². The van der Waals surface area contributed by atoms with Crippen molar-refractivity contribution in [3.8, 4) is 0 Å². The fourth-order valence-corrected chi connectivity index (χ4v) is 5.98. The summed E-state index contributed by atoms with van der Waals surface area (Å²) >= 11 is 1.51. The maximum Gasteiger partial charge on any atom is 0.338 e. The first-order chi connectivity index (χ1) is 17.4. The van der Waals surface area contributed by atoms with E-state index in [2.05, 4.69) is 36.9 Å². The molecule has 1 saturated heterocycles. The highest BCUT2D eigenvalue weighted by Crippen LogP contribution is 2.46. The zero-order valence-corrected chi connectivity index (χ0v) is 21.8. The number of aliphatic imine (C=N–C) groups is 1. The Bertz CT molecular complexity index is 1280. The van der Waals surface area contributed by atoms with E-state index in [9.17, 15) is 9.59 Å². The fourth-order valence-electron chi connectivity index (χ4n) is 5.01. The van der Waals surface area contributed by atoms with Crippen molar-refractivity contribution in [3.63, 3.8) is 0 Å². The third-order valence-corrected chi connectivity index (χ3v) is 7.84. The average molecular weight is 502 g/mol. The Kier molecular flexibility index (Phi) is 7.01. The SMILES string of the molecule is CC1=C(C(=O)OCc2ccccc2)C(c2cc(C)ccc2C)N2C(CC(=O)N3CCCC3)=CSC2=N1. The molecule has 1 fully saturated rings. The number of ether oxygens (including phenoxy) is 1. The first-order valence-corrected chi connectivity index (χ1v) is 13.3. The molecule has 1 amide bonds. The number of amides is 1. The van der Waals surface area contributed by atoms with Crippen molar-refractivity contribution in [2.75, 3.05) is 13.1 Å². The number of thioether (sulfide) groups is 1. The number of hydrogen-bond donors (Lipinski definition) is 0. The number of esters is 1. The summed E-state index contributed by atoms with van der Waals surface area (Å²) < 4.78 is 5.81. The van der Waals surface area contributed by atoms with Crippen molar-refractivity contribution in [2.45, 2.75) is 52.7 Å². The van der Waals surface area contributed by atoms with Crippen LogP contribution in [0, 0.1) is 13.8 Å². The van der Waals surface area contributed by atoms with Crippen LogP contribution in [0.25, 0.3) is 0 Å². The maximum absolute atomic E-state index is 13.6. The summed E-state index contributed by atoms with van der Waals surface area (Å²) in [6.07, 6.45) is 2.40. The minimum atomic E-state index is -0.409. The van der Waals surface area contributed by atoms with Gasteiger partial charge in [0.25, 0.3) is 0 Å². The Hall–Kier alpha value is -3.32. The van der Waals surface area contributed by atoms with Gasteiger partial charge in [-0.3, -0.25) is 4.79 Å². The van der Waals surface area contributed by atoms with Crippen molar-refractivity contribution in [1.82, 2.24) is 9.80 Å². The second kappa shape index (κ2) is 10.3. The van der Waals surface area contributed by atoms with Crippen LogP contribution in [0.1, 0.15) is 54.5 Å². The van der Waals surface area contributed by atoms with Crippen LogP contribution in [0.3, 0.4) is 0 Å². The number of amidine groups is 1. The second-order valence-electron chi connectivity index (χ2n) is 9.58. The van der Waals surface area contributed by atoms with E-state index in [1.807, 2.05) is 47.6 Å². The van der Waals surface area contributed by atoms with Gasteiger partial charge in [-0.15, -0.1) is 0 Å². The quantitative estimate of drug-likeness (QED) is 0.480. The Morgan fingerprint density at radius 3 is 2.56 bits per heavy atom.